The average Bonchev–Trinajstić information content (AvgIpc) is 2.54. The Hall–Kier alpha value is -1.35. The molecule has 1 N–H and O–H groups in total. The smallest absolute Gasteiger partial charge is 0.361 e. The van der Waals surface area contributed by atoms with Crippen LogP contribution < -0.4 is 9.64 Å². The molecule has 0 unspecified atom stereocenters. The number of rotatable bonds is 6. The Morgan fingerprint density at radius 1 is 1.32 bits per heavy atom. The molecule has 0 amide bonds. The third-order valence-electron chi connectivity index (χ3n) is 3.93. The fraction of sp³-hybridized carbons (Fsp3) is 0.562. The number of quaternary nitrogens is 1. The highest BCUT2D eigenvalue weighted by atomic mass is 35.5. The van der Waals surface area contributed by atoms with Gasteiger partial charge < -0.3 is 14.4 Å². The molecule has 0 atom stereocenters. The third kappa shape index (κ3) is 5.07. The third-order valence-corrected chi connectivity index (χ3v) is 6.09. The minimum absolute atomic E-state index is 0.0603. The Morgan fingerprint density at radius 3 is 2.52 bits per heavy atom. The van der Waals surface area contributed by atoms with Gasteiger partial charge >= 0.3 is 5.97 Å². The normalized spacial score (nSPS) is 16.8. The van der Waals surface area contributed by atoms with Gasteiger partial charge in [-0.05, 0) is 32.0 Å². The van der Waals surface area contributed by atoms with Crippen molar-refractivity contribution in [2.24, 2.45) is 0 Å². The molecule has 2 rings (SSSR count). The predicted molar refractivity (Wildman–Crippen MR) is 93.6 cm³/mol. The largest absolute Gasteiger partial charge is 0.495 e. The number of ether oxygens (including phenoxy) is 2. The molecule has 1 saturated heterocycles. The number of nitrogens with one attached hydrogen (secondary N) is 1. The monoisotopic (exact) mass is 391 g/mol. The summed E-state index contributed by atoms with van der Waals surface area (Å²) in [6, 6.07) is 4.52. The fourth-order valence-corrected chi connectivity index (χ4v) is 4.58. The predicted octanol–water partition coefficient (Wildman–Crippen LogP) is 0.189. The van der Waals surface area contributed by atoms with Crippen molar-refractivity contribution in [1.29, 1.82) is 0 Å². The van der Waals surface area contributed by atoms with Crippen molar-refractivity contribution in [2.75, 3.05) is 39.8 Å². The van der Waals surface area contributed by atoms with Gasteiger partial charge in [0.1, 0.15) is 10.6 Å². The number of piperazine rings is 1. The molecule has 1 aromatic carbocycles. The molecule has 140 valence electrons. The number of sulfonamides is 1. The molecule has 0 aromatic heterocycles. The first kappa shape index (κ1) is 20.0. The number of hydrogen-bond donors (Lipinski definition) is 1. The van der Waals surface area contributed by atoms with E-state index in [1.807, 2.05) is 0 Å². The van der Waals surface area contributed by atoms with E-state index in [0.29, 0.717) is 31.2 Å². The number of benzene rings is 1. The maximum atomic E-state index is 12.9. The lowest BCUT2D eigenvalue weighted by molar-refractivity contribution is -0.896. The van der Waals surface area contributed by atoms with Gasteiger partial charge in [-0.3, -0.25) is 0 Å². The summed E-state index contributed by atoms with van der Waals surface area (Å²) in [7, 11) is -2.28. The molecule has 7 nitrogen and oxygen atoms in total. The highest BCUT2D eigenvalue weighted by Crippen LogP contribution is 2.29. The Labute approximate surface area is 153 Å². The Kier molecular flexibility index (Phi) is 6.67. The van der Waals surface area contributed by atoms with Gasteiger partial charge in [-0.25, -0.2) is 13.2 Å². The second-order valence-corrected chi connectivity index (χ2v) is 8.51. The van der Waals surface area contributed by atoms with Gasteiger partial charge in [-0.2, -0.15) is 4.31 Å². The summed E-state index contributed by atoms with van der Waals surface area (Å²) >= 11 is 5.95. The molecular formula is C16H24ClN2O5S+. The minimum atomic E-state index is -3.70. The molecule has 25 heavy (non-hydrogen) atoms. The minimum Gasteiger partial charge on any atom is -0.495 e. The first-order valence-corrected chi connectivity index (χ1v) is 9.92. The summed E-state index contributed by atoms with van der Waals surface area (Å²) in [4.78, 5) is 12.8. The number of nitrogens with zero attached hydrogens (tertiary/aromatic N) is 1. The summed E-state index contributed by atoms with van der Waals surface area (Å²) in [5, 5.41) is 0.333. The van der Waals surface area contributed by atoms with E-state index in [4.69, 9.17) is 21.1 Å². The zero-order valence-electron chi connectivity index (χ0n) is 14.6. The van der Waals surface area contributed by atoms with Crippen molar-refractivity contribution >= 4 is 27.6 Å². The summed E-state index contributed by atoms with van der Waals surface area (Å²) in [6.07, 6.45) is -0.149. The first-order valence-electron chi connectivity index (χ1n) is 8.10. The van der Waals surface area contributed by atoms with Crippen molar-refractivity contribution in [3.63, 3.8) is 0 Å². The zero-order chi connectivity index (χ0) is 18.6. The van der Waals surface area contributed by atoms with E-state index in [2.05, 4.69) is 0 Å². The molecule has 1 fully saturated rings. The number of methoxy groups -OCH3 is 1. The molecule has 0 saturated carbocycles. The van der Waals surface area contributed by atoms with E-state index >= 15 is 0 Å². The second-order valence-electron chi connectivity index (χ2n) is 6.16. The summed E-state index contributed by atoms with van der Waals surface area (Å²) in [5.74, 6) is -0.00231. The van der Waals surface area contributed by atoms with E-state index in [1.54, 1.807) is 26.0 Å². The molecule has 0 spiro atoms. The molecule has 1 heterocycles. The Bertz CT molecular complexity index is 715. The number of hydrogen-bond acceptors (Lipinski definition) is 5. The van der Waals surface area contributed by atoms with Gasteiger partial charge in [0.25, 0.3) is 0 Å². The summed E-state index contributed by atoms with van der Waals surface area (Å²) in [6.45, 7) is 5.56. The van der Waals surface area contributed by atoms with E-state index in [9.17, 15) is 13.2 Å². The molecule has 1 aliphatic rings. The summed E-state index contributed by atoms with van der Waals surface area (Å²) in [5.41, 5.74) is 0. The van der Waals surface area contributed by atoms with Crippen LogP contribution in [-0.4, -0.2) is 64.6 Å². The zero-order valence-corrected chi connectivity index (χ0v) is 16.2. The van der Waals surface area contributed by atoms with Crippen molar-refractivity contribution in [2.45, 2.75) is 24.8 Å². The SMILES string of the molecule is COc1ccc(Cl)cc1S(=O)(=O)N1CC[NH+](CC(=O)OC(C)C)CC1. The Balaban J connectivity index is 2.04. The van der Waals surface area contributed by atoms with Gasteiger partial charge in [-0.15, -0.1) is 0 Å². The van der Waals surface area contributed by atoms with E-state index < -0.39 is 10.0 Å². The first-order chi connectivity index (χ1) is 11.7. The van der Waals surface area contributed by atoms with Gasteiger partial charge in [0.15, 0.2) is 6.54 Å². The Morgan fingerprint density at radius 2 is 1.96 bits per heavy atom. The van der Waals surface area contributed by atoms with Crippen LogP contribution in [0.2, 0.25) is 5.02 Å². The van der Waals surface area contributed by atoms with Crippen LogP contribution in [0.15, 0.2) is 23.1 Å². The molecule has 0 aliphatic carbocycles. The molecule has 1 aliphatic heterocycles. The van der Waals surface area contributed by atoms with Crippen molar-refractivity contribution in [3.05, 3.63) is 23.2 Å². The summed E-state index contributed by atoms with van der Waals surface area (Å²) < 4.78 is 37.5. The standard InChI is InChI=1S/C16H23ClN2O5S/c1-12(2)24-16(20)11-18-6-8-19(9-7-18)25(21,22)15-10-13(17)4-5-14(15)23-3/h4-5,10,12H,6-9,11H2,1-3H3/p+1. The molecule has 0 radical (unpaired) electrons. The lowest BCUT2D eigenvalue weighted by Crippen LogP contribution is -3.15. The van der Waals surface area contributed by atoms with Crippen molar-refractivity contribution in [3.8, 4) is 5.75 Å². The lowest BCUT2D eigenvalue weighted by atomic mass is 10.3. The second kappa shape index (κ2) is 8.35. The maximum absolute atomic E-state index is 12.9. The van der Waals surface area contributed by atoms with Crippen LogP contribution in [0.5, 0.6) is 5.75 Å². The molecule has 0 bridgehead atoms. The highest BCUT2D eigenvalue weighted by molar-refractivity contribution is 7.89. The van der Waals surface area contributed by atoms with Crippen LogP contribution in [0.4, 0.5) is 0 Å². The molecule has 1 aromatic rings. The molecule has 9 heteroatoms. The lowest BCUT2D eigenvalue weighted by Gasteiger charge is -2.31. The fourth-order valence-electron chi connectivity index (χ4n) is 2.72. The van der Waals surface area contributed by atoms with Crippen LogP contribution in [-0.2, 0) is 19.6 Å². The van der Waals surface area contributed by atoms with Gasteiger partial charge in [0, 0.05) is 5.02 Å². The number of carbonyl (C=O) groups is 1. The van der Waals surface area contributed by atoms with E-state index in [-0.39, 0.29) is 29.3 Å². The topological polar surface area (TPSA) is 77.4 Å². The number of esters is 1. The average molecular weight is 392 g/mol. The van der Waals surface area contributed by atoms with Crippen molar-refractivity contribution in [1.82, 2.24) is 4.31 Å². The number of halogens is 1. The van der Waals surface area contributed by atoms with Crippen LogP contribution in [0.3, 0.4) is 0 Å². The van der Waals surface area contributed by atoms with Gasteiger partial charge in [0.05, 0.1) is 39.4 Å². The quantitative estimate of drug-likeness (QED) is 0.700. The van der Waals surface area contributed by atoms with E-state index in [0.717, 1.165) is 4.90 Å². The highest BCUT2D eigenvalue weighted by Gasteiger charge is 2.33. The molecular weight excluding hydrogens is 368 g/mol. The number of carbonyl (C=O) groups excluding carboxylic acids is 1. The van der Waals surface area contributed by atoms with Crippen LogP contribution in [0.1, 0.15) is 13.8 Å². The van der Waals surface area contributed by atoms with Crippen LogP contribution in [0.25, 0.3) is 0 Å². The van der Waals surface area contributed by atoms with E-state index in [1.165, 1.54) is 17.5 Å². The maximum Gasteiger partial charge on any atom is 0.361 e. The van der Waals surface area contributed by atoms with Gasteiger partial charge in [0.2, 0.25) is 10.0 Å². The van der Waals surface area contributed by atoms with Gasteiger partial charge in [-0.1, -0.05) is 11.6 Å². The van der Waals surface area contributed by atoms with Crippen LogP contribution in [0, 0.1) is 0 Å². The van der Waals surface area contributed by atoms with Crippen molar-refractivity contribution < 1.29 is 27.6 Å². The van der Waals surface area contributed by atoms with Crippen LogP contribution >= 0.6 is 11.6 Å².